The Labute approximate surface area is 126 Å². The average molecular weight is 293 g/mol. The Bertz CT molecular complexity index is 400. The van der Waals surface area contributed by atoms with Crippen molar-refractivity contribution in [2.45, 2.75) is 57.0 Å². The molecular formula is C16H27N3O2. The second-order valence-corrected chi connectivity index (χ2v) is 7.46. The van der Waals surface area contributed by atoms with Gasteiger partial charge >= 0.3 is 0 Å². The third kappa shape index (κ3) is 3.07. The van der Waals surface area contributed by atoms with Crippen LogP contribution in [0, 0.1) is 17.8 Å². The molecule has 4 aliphatic carbocycles. The predicted octanol–water partition coefficient (Wildman–Crippen LogP) is 0.795. The van der Waals surface area contributed by atoms with Gasteiger partial charge in [0.25, 0.3) is 0 Å². The van der Waals surface area contributed by atoms with E-state index in [2.05, 4.69) is 16.0 Å². The van der Waals surface area contributed by atoms with Gasteiger partial charge < -0.3 is 10.6 Å². The zero-order valence-electron chi connectivity index (χ0n) is 13.1. The number of carbonyl (C=O) groups is 2. The third-order valence-electron chi connectivity index (χ3n) is 5.67. The number of rotatable bonds is 5. The van der Waals surface area contributed by atoms with Crippen LogP contribution in [-0.2, 0) is 9.59 Å². The van der Waals surface area contributed by atoms with E-state index in [0.29, 0.717) is 0 Å². The van der Waals surface area contributed by atoms with Crippen molar-refractivity contribution in [3.8, 4) is 0 Å². The Morgan fingerprint density at radius 1 is 1.10 bits per heavy atom. The van der Waals surface area contributed by atoms with Gasteiger partial charge in [-0.05, 0) is 63.2 Å². The van der Waals surface area contributed by atoms with E-state index >= 15 is 0 Å². The summed E-state index contributed by atoms with van der Waals surface area (Å²) in [7, 11) is 1.60. The van der Waals surface area contributed by atoms with Crippen molar-refractivity contribution in [1.82, 2.24) is 16.0 Å². The fourth-order valence-corrected chi connectivity index (χ4v) is 5.06. The molecule has 5 heteroatoms. The first-order chi connectivity index (χ1) is 9.99. The summed E-state index contributed by atoms with van der Waals surface area (Å²) in [6.45, 7) is 2.02. The minimum absolute atomic E-state index is 0.0425. The van der Waals surface area contributed by atoms with Crippen LogP contribution in [0.5, 0.6) is 0 Å². The van der Waals surface area contributed by atoms with E-state index in [0.717, 1.165) is 37.0 Å². The lowest BCUT2D eigenvalue weighted by molar-refractivity contribution is -0.128. The average Bonchev–Trinajstić information content (AvgIpc) is 2.42. The molecule has 3 N–H and O–H groups in total. The van der Waals surface area contributed by atoms with Gasteiger partial charge in [0.05, 0.1) is 12.6 Å². The smallest absolute Gasteiger partial charge is 0.237 e. The van der Waals surface area contributed by atoms with E-state index in [1.54, 1.807) is 7.05 Å². The quantitative estimate of drug-likeness (QED) is 0.702. The van der Waals surface area contributed by atoms with Gasteiger partial charge in [0.2, 0.25) is 11.8 Å². The zero-order valence-corrected chi connectivity index (χ0v) is 13.1. The molecule has 0 saturated heterocycles. The predicted molar refractivity (Wildman–Crippen MR) is 80.6 cm³/mol. The second kappa shape index (κ2) is 5.59. The van der Waals surface area contributed by atoms with E-state index in [-0.39, 0.29) is 29.9 Å². The maximum atomic E-state index is 12.4. The minimum Gasteiger partial charge on any atom is -0.358 e. The molecule has 4 rings (SSSR count). The van der Waals surface area contributed by atoms with Crippen molar-refractivity contribution in [3.63, 3.8) is 0 Å². The first-order valence-corrected chi connectivity index (χ1v) is 8.25. The molecule has 2 amide bonds. The Morgan fingerprint density at radius 3 is 2.10 bits per heavy atom. The first-order valence-electron chi connectivity index (χ1n) is 8.25. The largest absolute Gasteiger partial charge is 0.358 e. The summed E-state index contributed by atoms with van der Waals surface area (Å²) in [5.74, 6) is 2.42. The maximum Gasteiger partial charge on any atom is 0.237 e. The molecule has 0 radical (unpaired) electrons. The zero-order chi connectivity index (χ0) is 15.0. The van der Waals surface area contributed by atoms with Crippen LogP contribution in [-0.4, -0.2) is 37.0 Å². The van der Waals surface area contributed by atoms with Crippen molar-refractivity contribution in [2.75, 3.05) is 13.6 Å². The van der Waals surface area contributed by atoms with Crippen LogP contribution in [0.1, 0.15) is 45.4 Å². The number of hydrogen-bond acceptors (Lipinski definition) is 3. The van der Waals surface area contributed by atoms with Crippen LogP contribution < -0.4 is 16.0 Å². The molecule has 4 bridgehead atoms. The first kappa shape index (κ1) is 14.8. The highest BCUT2D eigenvalue weighted by Crippen LogP contribution is 2.55. The van der Waals surface area contributed by atoms with E-state index < -0.39 is 0 Å². The van der Waals surface area contributed by atoms with E-state index in [9.17, 15) is 9.59 Å². The summed E-state index contributed by atoms with van der Waals surface area (Å²) in [5, 5.41) is 8.88. The summed E-state index contributed by atoms with van der Waals surface area (Å²) in [6, 6.07) is -0.324. The van der Waals surface area contributed by atoms with Gasteiger partial charge in [-0.2, -0.15) is 0 Å². The standard InChI is InChI=1S/C16H27N3O2/c1-10(18-9-14(20)17-2)15(21)19-16-6-11-3-12(7-16)5-13(4-11)8-16/h10-13,18H,3-9H2,1-2H3,(H,17,20)(H,19,21)/t10-,11?,12?,13?,16?/m1/s1. The molecule has 5 nitrogen and oxygen atoms in total. The maximum absolute atomic E-state index is 12.4. The summed E-state index contributed by atoms with van der Waals surface area (Å²) in [6.07, 6.45) is 7.60. The Morgan fingerprint density at radius 2 is 1.62 bits per heavy atom. The van der Waals surface area contributed by atoms with Gasteiger partial charge in [-0.15, -0.1) is 0 Å². The van der Waals surface area contributed by atoms with E-state index in [4.69, 9.17) is 0 Å². The van der Waals surface area contributed by atoms with Crippen LogP contribution in [0.3, 0.4) is 0 Å². The van der Waals surface area contributed by atoms with Gasteiger partial charge in [0, 0.05) is 12.6 Å². The van der Waals surface area contributed by atoms with Crippen LogP contribution in [0.2, 0.25) is 0 Å². The molecule has 21 heavy (non-hydrogen) atoms. The SMILES string of the molecule is CNC(=O)CN[C@H](C)C(=O)NC12CC3CC(CC(C3)C1)C2. The summed E-state index contributed by atoms with van der Waals surface area (Å²) >= 11 is 0. The van der Waals surface area contributed by atoms with Gasteiger partial charge in [-0.1, -0.05) is 0 Å². The van der Waals surface area contributed by atoms with E-state index in [1.807, 2.05) is 6.92 Å². The molecule has 0 aromatic carbocycles. The molecule has 4 aliphatic rings. The molecule has 4 fully saturated rings. The van der Waals surface area contributed by atoms with Gasteiger partial charge in [-0.25, -0.2) is 0 Å². The lowest BCUT2D eigenvalue weighted by atomic mass is 9.53. The molecule has 118 valence electrons. The Kier molecular flexibility index (Phi) is 3.95. The van der Waals surface area contributed by atoms with Crippen LogP contribution >= 0.6 is 0 Å². The number of nitrogens with one attached hydrogen (secondary N) is 3. The molecule has 0 aromatic heterocycles. The summed E-state index contributed by atoms with van der Waals surface area (Å²) in [4.78, 5) is 23.7. The number of likely N-dealkylation sites (N-methyl/N-ethyl adjacent to an activating group) is 1. The van der Waals surface area contributed by atoms with Crippen molar-refractivity contribution in [1.29, 1.82) is 0 Å². The molecule has 0 spiro atoms. The number of carbonyl (C=O) groups excluding carboxylic acids is 2. The van der Waals surface area contributed by atoms with Crippen molar-refractivity contribution >= 4 is 11.8 Å². The normalized spacial score (nSPS) is 38.1. The number of amides is 2. The molecular weight excluding hydrogens is 266 g/mol. The monoisotopic (exact) mass is 293 g/mol. The van der Waals surface area contributed by atoms with Crippen LogP contribution in [0.15, 0.2) is 0 Å². The van der Waals surface area contributed by atoms with E-state index in [1.165, 1.54) is 19.3 Å². The van der Waals surface area contributed by atoms with Crippen LogP contribution in [0.25, 0.3) is 0 Å². The van der Waals surface area contributed by atoms with Crippen molar-refractivity contribution < 1.29 is 9.59 Å². The van der Waals surface area contributed by atoms with Gasteiger partial charge in [0.1, 0.15) is 0 Å². The Balaban J connectivity index is 1.56. The molecule has 4 saturated carbocycles. The summed E-state index contributed by atoms with van der Waals surface area (Å²) < 4.78 is 0. The minimum atomic E-state index is -0.324. The number of hydrogen-bond donors (Lipinski definition) is 3. The molecule has 0 unspecified atom stereocenters. The highest BCUT2D eigenvalue weighted by Gasteiger charge is 2.51. The molecule has 0 heterocycles. The van der Waals surface area contributed by atoms with Gasteiger partial charge in [-0.3, -0.25) is 14.9 Å². The van der Waals surface area contributed by atoms with Crippen LogP contribution in [0.4, 0.5) is 0 Å². The lowest BCUT2D eigenvalue weighted by Crippen LogP contribution is -2.62. The van der Waals surface area contributed by atoms with Crippen molar-refractivity contribution in [3.05, 3.63) is 0 Å². The topological polar surface area (TPSA) is 70.2 Å². The highest BCUT2D eigenvalue weighted by atomic mass is 16.2. The summed E-state index contributed by atoms with van der Waals surface area (Å²) in [5.41, 5.74) is 0.0504. The fourth-order valence-electron chi connectivity index (χ4n) is 5.06. The Hall–Kier alpha value is -1.10. The lowest BCUT2D eigenvalue weighted by Gasteiger charge is -2.57. The third-order valence-corrected chi connectivity index (χ3v) is 5.67. The molecule has 0 aliphatic heterocycles. The van der Waals surface area contributed by atoms with Gasteiger partial charge in [0.15, 0.2) is 0 Å². The highest BCUT2D eigenvalue weighted by molar-refractivity contribution is 5.83. The van der Waals surface area contributed by atoms with Crippen molar-refractivity contribution in [2.24, 2.45) is 17.8 Å². The molecule has 0 aromatic rings. The fraction of sp³-hybridized carbons (Fsp3) is 0.875. The molecule has 1 atom stereocenters. The second-order valence-electron chi connectivity index (χ2n) is 7.46.